The molecule has 1 aromatic heterocycles. The van der Waals surface area contributed by atoms with Crippen LogP contribution in [0.15, 0.2) is 36.5 Å². The third-order valence-corrected chi connectivity index (χ3v) is 4.42. The van der Waals surface area contributed by atoms with E-state index in [-0.39, 0.29) is 18.7 Å². The summed E-state index contributed by atoms with van der Waals surface area (Å²) < 4.78 is 5.78. The Labute approximate surface area is 140 Å². The zero-order valence-electron chi connectivity index (χ0n) is 13.7. The van der Waals surface area contributed by atoms with Crippen molar-refractivity contribution in [2.75, 3.05) is 5.32 Å². The summed E-state index contributed by atoms with van der Waals surface area (Å²) in [6, 6.07) is 9.24. The van der Waals surface area contributed by atoms with Gasteiger partial charge in [-0.3, -0.25) is 4.79 Å². The fourth-order valence-electron chi connectivity index (χ4n) is 2.68. The van der Waals surface area contributed by atoms with Crippen LogP contribution in [-0.4, -0.2) is 27.6 Å². The lowest BCUT2D eigenvalue weighted by Crippen LogP contribution is -2.62. The number of carbonyl (C=O) groups is 1. The van der Waals surface area contributed by atoms with Crippen molar-refractivity contribution in [2.45, 2.75) is 38.3 Å². The molecule has 0 radical (unpaired) electrons. The molecule has 24 heavy (non-hydrogen) atoms. The predicted molar refractivity (Wildman–Crippen MR) is 91.0 cm³/mol. The number of carbonyl (C=O) groups excluding carboxylic acids is 1. The molecule has 3 rings (SSSR count). The van der Waals surface area contributed by atoms with Gasteiger partial charge in [-0.2, -0.15) is 0 Å². The van der Waals surface area contributed by atoms with Gasteiger partial charge in [0.15, 0.2) is 0 Å². The van der Waals surface area contributed by atoms with Crippen molar-refractivity contribution >= 4 is 11.6 Å². The van der Waals surface area contributed by atoms with E-state index in [9.17, 15) is 9.90 Å². The molecular weight excluding hydrogens is 306 g/mol. The van der Waals surface area contributed by atoms with Gasteiger partial charge in [0.25, 0.3) is 0 Å². The number of aromatic nitrogens is 1. The number of nitrogens with one attached hydrogen (secondary N) is 1. The van der Waals surface area contributed by atoms with Crippen LogP contribution in [0, 0.1) is 13.8 Å². The Morgan fingerprint density at radius 2 is 2.08 bits per heavy atom. The molecule has 1 amide bonds. The zero-order chi connectivity index (χ0) is 17.3. The van der Waals surface area contributed by atoms with Crippen LogP contribution in [0.1, 0.15) is 24.0 Å². The minimum atomic E-state index is -0.993. The second-order valence-corrected chi connectivity index (χ2v) is 6.36. The van der Waals surface area contributed by atoms with Gasteiger partial charge < -0.3 is 20.9 Å². The van der Waals surface area contributed by atoms with Gasteiger partial charge in [-0.1, -0.05) is 12.1 Å². The van der Waals surface area contributed by atoms with Gasteiger partial charge in [-0.05, 0) is 37.1 Å². The zero-order valence-corrected chi connectivity index (χ0v) is 13.7. The number of aliphatic hydroxyl groups excluding tert-OH is 1. The molecule has 1 aliphatic carbocycles. The number of nitrogens with two attached hydrogens (primary N) is 1. The molecule has 1 fully saturated rings. The molecular formula is C18H21N3O3. The lowest BCUT2D eigenvalue weighted by Gasteiger charge is -2.40. The van der Waals surface area contributed by atoms with Crippen LogP contribution in [0.5, 0.6) is 11.6 Å². The molecule has 0 unspecified atom stereocenters. The Bertz CT molecular complexity index is 753. The highest BCUT2D eigenvalue weighted by Gasteiger charge is 2.46. The molecule has 0 atom stereocenters. The topological polar surface area (TPSA) is 97.5 Å². The summed E-state index contributed by atoms with van der Waals surface area (Å²) >= 11 is 0. The Hall–Kier alpha value is -2.44. The van der Waals surface area contributed by atoms with Crippen LogP contribution in [0.25, 0.3) is 0 Å². The van der Waals surface area contributed by atoms with Gasteiger partial charge >= 0.3 is 0 Å². The largest absolute Gasteiger partial charge is 0.439 e. The number of hydrogen-bond donors (Lipinski definition) is 3. The lowest BCUT2D eigenvalue weighted by molar-refractivity contribution is -0.128. The maximum atomic E-state index is 12.1. The molecule has 6 heteroatoms. The van der Waals surface area contributed by atoms with Gasteiger partial charge in [0.05, 0.1) is 18.0 Å². The summed E-state index contributed by atoms with van der Waals surface area (Å²) in [5, 5.41) is 12.1. The van der Waals surface area contributed by atoms with Crippen molar-refractivity contribution < 1.29 is 14.6 Å². The maximum Gasteiger partial charge on any atom is 0.244 e. The summed E-state index contributed by atoms with van der Waals surface area (Å²) in [5.74, 6) is 0.893. The van der Waals surface area contributed by atoms with Gasteiger partial charge in [0.1, 0.15) is 11.3 Å². The van der Waals surface area contributed by atoms with E-state index in [0.717, 1.165) is 16.9 Å². The summed E-state index contributed by atoms with van der Waals surface area (Å²) in [6.07, 6.45) is 1.59. The predicted octanol–water partition coefficient (Wildman–Crippen LogP) is 2.28. The lowest BCUT2D eigenvalue weighted by atomic mass is 9.74. The SMILES string of the molecule is Cc1cccc(Oc2ccc(NC(=O)C3(N)CC(O)C3)cn2)c1C. The van der Waals surface area contributed by atoms with Crippen LogP contribution < -0.4 is 15.8 Å². The van der Waals surface area contributed by atoms with Crippen LogP contribution in [0.3, 0.4) is 0 Å². The number of rotatable bonds is 4. The molecule has 0 bridgehead atoms. The monoisotopic (exact) mass is 327 g/mol. The van der Waals surface area contributed by atoms with Gasteiger partial charge in [-0.25, -0.2) is 4.98 Å². The number of benzene rings is 1. The van der Waals surface area contributed by atoms with Crippen molar-refractivity contribution in [1.82, 2.24) is 4.98 Å². The van der Waals surface area contributed by atoms with Crippen molar-refractivity contribution in [2.24, 2.45) is 5.73 Å². The first-order valence-electron chi connectivity index (χ1n) is 7.86. The Morgan fingerprint density at radius 3 is 2.71 bits per heavy atom. The fourth-order valence-corrected chi connectivity index (χ4v) is 2.68. The smallest absolute Gasteiger partial charge is 0.244 e. The number of anilines is 1. The van der Waals surface area contributed by atoms with Crippen molar-refractivity contribution in [3.05, 3.63) is 47.7 Å². The second-order valence-electron chi connectivity index (χ2n) is 6.36. The summed E-state index contributed by atoms with van der Waals surface area (Å²) in [4.78, 5) is 16.3. The standard InChI is InChI=1S/C18H21N3O3/c1-11-4-3-5-15(12(11)2)24-16-7-6-13(10-20-16)21-17(23)18(19)8-14(22)9-18/h3-7,10,14,22H,8-9,19H2,1-2H3,(H,21,23). The van der Waals surface area contributed by atoms with E-state index in [1.807, 2.05) is 32.0 Å². The molecule has 4 N–H and O–H groups in total. The molecule has 0 spiro atoms. The van der Waals surface area contributed by atoms with Crippen LogP contribution in [-0.2, 0) is 4.79 Å². The fraction of sp³-hybridized carbons (Fsp3) is 0.333. The third kappa shape index (κ3) is 3.25. The van der Waals surface area contributed by atoms with Gasteiger partial charge in [0.2, 0.25) is 11.8 Å². The van der Waals surface area contributed by atoms with Crippen molar-refractivity contribution in [3.8, 4) is 11.6 Å². The minimum Gasteiger partial charge on any atom is -0.439 e. The number of hydrogen-bond acceptors (Lipinski definition) is 5. The highest BCUT2D eigenvalue weighted by atomic mass is 16.5. The summed E-state index contributed by atoms with van der Waals surface area (Å²) in [7, 11) is 0. The molecule has 1 aliphatic rings. The first kappa shape index (κ1) is 16.4. The molecule has 1 saturated carbocycles. The number of aliphatic hydroxyl groups is 1. The first-order valence-corrected chi connectivity index (χ1v) is 7.86. The highest BCUT2D eigenvalue weighted by Crippen LogP contribution is 2.31. The van der Waals surface area contributed by atoms with E-state index >= 15 is 0 Å². The molecule has 1 heterocycles. The van der Waals surface area contributed by atoms with Crippen molar-refractivity contribution in [1.29, 1.82) is 0 Å². The van der Waals surface area contributed by atoms with Gasteiger partial charge in [0, 0.05) is 18.9 Å². The van der Waals surface area contributed by atoms with E-state index in [0.29, 0.717) is 11.6 Å². The van der Waals surface area contributed by atoms with E-state index in [4.69, 9.17) is 10.5 Å². The quantitative estimate of drug-likeness (QED) is 0.800. The maximum absolute atomic E-state index is 12.1. The average molecular weight is 327 g/mol. The number of nitrogens with zero attached hydrogens (tertiary/aromatic N) is 1. The number of aryl methyl sites for hydroxylation is 1. The normalized spacial score (nSPS) is 22.6. The molecule has 6 nitrogen and oxygen atoms in total. The molecule has 1 aromatic carbocycles. The summed E-state index contributed by atoms with van der Waals surface area (Å²) in [6.45, 7) is 4.02. The Morgan fingerprint density at radius 1 is 1.33 bits per heavy atom. The van der Waals surface area contributed by atoms with E-state index in [1.54, 1.807) is 12.1 Å². The average Bonchev–Trinajstić information content (AvgIpc) is 2.52. The minimum absolute atomic E-state index is 0.278. The van der Waals surface area contributed by atoms with E-state index in [2.05, 4.69) is 10.3 Å². The number of pyridine rings is 1. The van der Waals surface area contributed by atoms with Gasteiger partial charge in [-0.15, -0.1) is 0 Å². The third-order valence-electron chi connectivity index (χ3n) is 4.42. The summed E-state index contributed by atoms with van der Waals surface area (Å²) in [5.41, 5.74) is 7.68. The van der Waals surface area contributed by atoms with Crippen LogP contribution >= 0.6 is 0 Å². The van der Waals surface area contributed by atoms with Crippen LogP contribution in [0.4, 0.5) is 5.69 Å². The molecule has 126 valence electrons. The molecule has 0 aliphatic heterocycles. The number of ether oxygens (including phenoxy) is 1. The van der Waals surface area contributed by atoms with E-state index in [1.165, 1.54) is 6.20 Å². The molecule has 2 aromatic rings. The Kier molecular flexibility index (Phi) is 4.26. The first-order chi connectivity index (χ1) is 11.4. The van der Waals surface area contributed by atoms with Crippen molar-refractivity contribution in [3.63, 3.8) is 0 Å². The number of amides is 1. The molecule has 0 saturated heterocycles. The van der Waals surface area contributed by atoms with Crippen LogP contribution in [0.2, 0.25) is 0 Å². The second kappa shape index (κ2) is 6.22. The highest BCUT2D eigenvalue weighted by molar-refractivity contribution is 5.98. The Balaban J connectivity index is 1.65. The van der Waals surface area contributed by atoms with E-state index < -0.39 is 11.6 Å².